The largest absolute Gasteiger partial charge is 0.453 e. The number of aryl methyl sites for hydroxylation is 2. The Morgan fingerprint density at radius 1 is 1.07 bits per heavy atom. The molecule has 0 bridgehead atoms. The number of nitrogens with zero attached hydrogens (tertiary/aromatic N) is 1. The van der Waals surface area contributed by atoms with Crippen molar-refractivity contribution in [3.63, 3.8) is 0 Å². The van der Waals surface area contributed by atoms with Gasteiger partial charge in [0.25, 0.3) is 11.7 Å². The van der Waals surface area contributed by atoms with Crippen molar-refractivity contribution in [2.24, 2.45) is 0 Å². The highest BCUT2D eigenvalue weighted by Gasteiger charge is 2.37. The zero-order chi connectivity index (χ0) is 19.8. The molecule has 1 aliphatic carbocycles. The number of carbonyl (C=O) groups excluding carboxylic acids is 4. The Balaban J connectivity index is 1.43. The summed E-state index contributed by atoms with van der Waals surface area (Å²) < 4.78 is 5.25. The summed E-state index contributed by atoms with van der Waals surface area (Å²) in [6.45, 7) is 1.10. The first kappa shape index (κ1) is 18.1. The van der Waals surface area contributed by atoms with E-state index in [0.717, 1.165) is 24.2 Å². The Bertz CT molecular complexity index is 1010. The zero-order valence-corrected chi connectivity index (χ0v) is 15.4. The molecule has 0 saturated carbocycles. The monoisotopic (exact) mass is 377 g/mol. The summed E-state index contributed by atoms with van der Waals surface area (Å²) in [5, 5.41) is 0. The second-order valence-electron chi connectivity index (χ2n) is 7.07. The molecule has 142 valence electrons. The minimum absolute atomic E-state index is 0.266. The quantitative estimate of drug-likeness (QED) is 0.454. The molecule has 0 radical (unpaired) electrons. The number of Topliss-reactive ketones (excluding diaryl/α,β-unsaturated/α-hetero) is 2. The summed E-state index contributed by atoms with van der Waals surface area (Å²) in [7, 11) is 0. The van der Waals surface area contributed by atoms with Gasteiger partial charge in [0.2, 0.25) is 5.78 Å². The molecule has 1 heterocycles. The maximum absolute atomic E-state index is 12.6. The van der Waals surface area contributed by atoms with Gasteiger partial charge in [-0.2, -0.15) is 0 Å². The van der Waals surface area contributed by atoms with Gasteiger partial charge in [-0.25, -0.2) is 0 Å². The molecular weight excluding hydrogens is 358 g/mol. The molecule has 2 aromatic rings. The molecule has 4 rings (SSSR count). The van der Waals surface area contributed by atoms with Gasteiger partial charge in [0.05, 0.1) is 11.3 Å². The molecule has 0 spiro atoms. The first-order chi connectivity index (χ1) is 13.5. The minimum Gasteiger partial charge on any atom is -0.453 e. The van der Waals surface area contributed by atoms with Gasteiger partial charge < -0.3 is 4.74 Å². The standard InChI is InChI=1S/C22H19NO5/c1-13(20(25)16-10-9-14-5-4-6-15(14)11-16)28-19(24)12-23-18-8-3-2-7-17(18)21(26)22(23)27/h2-3,7-11,13H,4-6,12H2,1H3/t13-/m0/s1. The summed E-state index contributed by atoms with van der Waals surface area (Å²) in [6.07, 6.45) is 2.09. The highest BCUT2D eigenvalue weighted by atomic mass is 16.5. The van der Waals surface area contributed by atoms with Crippen molar-refractivity contribution < 1.29 is 23.9 Å². The first-order valence-electron chi connectivity index (χ1n) is 9.26. The van der Waals surface area contributed by atoms with Crippen LogP contribution in [-0.2, 0) is 27.2 Å². The van der Waals surface area contributed by atoms with E-state index in [2.05, 4.69) is 0 Å². The number of fused-ring (bicyclic) bond motifs is 2. The summed E-state index contributed by atoms with van der Waals surface area (Å²) in [5.74, 6) is -2.44. The highest BCUT2D eigenvalue weighted by Crippen LogP contribution is 2.28. The van der Waals surface area contributed by atoms with Crippen molar-refractivity contribution in [1.82, 2.24) is 0 Å². The predicted octanol–water partition coefficient (Wildman–Crippen LogP) is 2.52. The third-order valence-electron chi connectivity index (χ3n) is 5.23. The molecule has 6 heteroatoms. The van der Waals surface area contributed by atoms with Gasteiger partial charge in [0.15, 0.2) is 6.10 Å². The van der Waals surface area contributed by atoms with Crippen molar-refractivity contribution in [3.8, 4) is 0 Å². The molecule has 28 heavy (non-hydrogen) atoms. The lowest BCUT2D eigenvalue weighted by molar-refractivity contribution is -0.145. The molecule has 0 fully saturated rings. The fourth-order valence-corrected chi connectivity index (χ4v) is 3.78. The van der Waals surface area contributed by atoms with Gasteiger partial charge >= 0.3 is 5.97 Å². The third-order valence-corrected chi connectivity index (χ3v) is 5.23. The summed E-state index contributed by atoms with van der Waals surface area (Å²) in [5.41, 5.74) is 3.59. The molecule has 2 aromatic carbocycles. The molecule has 0 aromatic heterocycles. The zero-order valence-electron chi connectivity index (χ0n) is 15.4. The molecule has 1 aliphatic heterocycles. The second kappa shape index (κ2) is 7.03. The second-order valence-corrected chi connectivity index (χ2v) is 7.07. The van der Waals surface area contributed by atoms with Gasteiger partial charge in [0, 0.05) is 5.56 Å². The molecule has 1 atom stereocenters. The van der Waals surface area contributed by atoms with Crippen LogP contribution in [0.2, 0.25) is 0 Å². The SMILES string of the molecule is C[C@H](OC(=O)CN1C(=O)C(=O)c2ccccc21)C(=O)c1ccc2c(c1)CCC2. The molecule has 2 aliphatic rings. The van der Waals surface area contributed by atoms with Crippen LogP contribution in [0.25, 0.3) is 0 Å². The summed E-state index contributed by atoms with van der Waals surface area (Å²) in [6, 6.07) is 12.1. The van der Waals surface area contributed by atoms with E-state index < -0.39 is 30.3 Å². The Hall–Kier alpha value is -3.28. The van der Waals surface area contributed by atoms with Crippen LogP contribution in [0.1, 0.15) is 45.2 Å². The lowest BCUT2D eigenvalue weighted by Crippen LogP contribution is -2.37. The minimum atomic E-state index is -0.976. The smallest absolute Gasteiger partial charge is 0.326 e. The van der Waals surface area contributed by atoms with E-state index in [1.165, 1.54) is 18.1 Å². The van der Waals surface area contributed by atoms with E-state index in [0.29, 0.717) is 11.3 Å². The van der Waals surface area contributed by atoms with Crippen LogP contribution in [0.5, 0.6) is 0 Å². The van der Waals surface area contributed by atoms with Crippen LogP contribution >= 0.6 is 0 Å². The van der Waals surface area contributed by atoms with Crippen LogP contribution in [0.4, 0.5) is 5.69 Å². The number of carbonyl (C=O) groups is 4. The number of rotatable bonds is 5. The fourth-order valence-electron chi connectivity index (χ4n) is 3.78. The van der Waals surface area contributed by atoms with Crippen molar-refractivity contribution >= 4 is 29.1 Å². The number of hydrogen-bond acceptors (Lipinski definition) is 5. The summed E-state index contributed by atoms with van der Waals surface area (Å²) >= 11 is 0. The first-order valence-corrected chi connectivity index (χ1v) is 9.26. The normalized spacial score (nSPS) is 16.0. The molecule has 0 saturated heterocycles. The highest BCUT2D eigenvalue weighted by molar-refractivity contribution is 6.52. The van der Waals surface area contributed by atoms with E-state index in [9.17, 15) is 19.2 Å². The van der Waals surface area contributed by atoms with E-state index in [1.807, 2.05) is 12.1 Å². The number of hydrogen-bond donors (Lipinski definition) is 0. The van der Waals surface area contributed by atoms with E-state index >= 15 is 0 Å². The topological polar surface area (TPSA) is 80.8 Å². The number of para-hydroxylation sites is 1. The maximum Gasteiger partial charge on any atom is 0.326 e. The average Bonchev–Trinajstić information content (AvgIpc) is 3.26. The lowest BCUT2D eigenvalue weighted by atomic mass is 10.0. The van der Waals surface area contributed by atoms with Crippen LogP contribution < -0.4 is 4.90 Å². The Morgan fingerprint density at radius 2 is 1.82 bits per heavy atom. The number of amides is 1. The van der Waals surface area contributed by atoms with Crippen molar-refractivity contribution in [1.29, 1.82) is 0 Å². The number of esters is 1. The molecule has 0 unspecified atom stereocenters. The van der Waals surface area contributed by atoms with Crippen LogP contribution in [0, 0.1) is 0 Å². The third kappa shape index (κ3) is 3.11. The van der Waals surface area contributed by atoms with Gasteiger partial charge in [-0.15, -0.1) is 0 Å². The van der Waals surface area contributed by atoms with Crippen molar-refractivity contribution in [2.75, 3.05) is 11.4 Å². The van der Waals surface area contributed by atoms with E-state index in [-0.39, 0.29) is 11.3 Å². The van der Waals surface area contributed by atoms with Crippen LogP contribution in [-0.4, -0.2) is 36.1 Å². The van der Waals surface area contributed by atoms with Crippen LogP contribution in [0.15, 0.2) is 42.5 Å². The predicted molar refractivity (Wildman–Crippen MR) is 101 cm³/mol. The fraction of sp³-hybridized carbons (Fsp3) is 0.273. The Kier molecular flexibility index (Phi) is 4.55. The van der Waals surface area contributed by atoms with Crippen LogP contribution in [0.3, 0.4) is 0 Å². The van der Waals surface area contributed by atoms with Crippen molar-refractivity contribution in [3.05, 3.63) is 64.7 Å². The maximum atomic E-state index is 12.6. The number of benzene rings is 2. The molecule has 1 amide bonds. The van der Waals surface area contributed by atoms with Gasteiger partial charge in [-0.3, -0.25) is 24.1 Å². The summed E-state index contributed by atoms with van der Waals surface area (Å²) in [4.78, 5) is 50.2. The molecule has 6 nitrogen and oxygen atoms in total. The number of ether oxygens (including phenoxy) is 1. The lowest BCUT2D eigenvalue weighted by Gasteiger charge is -2.18. The van der Waals surface area contributed by atoms with E-state index in [4.69, 9.17) is 4.74 Å². The molecular formula is C22H19NO5. The number of anilines is 1. The average molecular weight is 377 g/mol. The van der Waals surface area contributed by atoms with E-state index in [1.54, 1.807) is 30.3 Å². The molecule has 0 N–H and O–H groups in total. The Labute approximate surface area is 162 Å². The number of ketones is 2. The van der Waals surface area contributed by atoms with Crippen molar-refractivity contribution in [2.45, 2.75) is 32.3 Å². The van der Waals surface area contributed by atoms with Gasteiger partial charge in [-0.1, -0.05) is 24.3 Å². The Morgan fingerprint density at radius 3 is 2.64 bits per heavy atom. The van der Waals surface area contributed by atoms with Gasteiger partial charge in [-0.05, 0) is 55.5 Å². The van der Waals surface area contributed by atoms with Gasteiger partial charge in [0.1, 0.15) is 6.54 Å².